The maximum Gasteiger partial charge on any atom is 0.114 e. The van der Waals surface area contributed by atoms with Gasteiger partial charge in [-0.1, -0.05) is 26.0 Å². The molecule has 1 unspecified atom stereocenters. The molecule has 27 heavy (non-hydrogen) atoms. The predicted octanol–water partition coefficient (Wildman–Crippen LogP) is 3.25. The number of hydrogen-bond donors (Lipinski definition) is 1. The lowest BCUT2D eigenvalue weighted by Gasteiger charge is -2.59. The minimum absolute atomic E-state index is 0.0178. The largest absolute Gasteiger partial charge is 0.386 e. The molecule has 2 aliphatic heterocycles. The standard InChI is InChI=1S/C23H32O4/c1-13-23(26-11-10-25-13)9-7-16-15-5-4-14-12-18(24)19-20(27-19)22(14,3)17(15)6-8-21(16,23)2/h4-5,12-13,15-20,24H,6-11H2,1-3H3/t13?,15-,16-,17-,18-,19-,20-,21-,22-,23-/m0/s1. The second kappa shape index (κ2) is 5.27. The molecule has 0 radical (unpaired) electrons. The van der Waals surface area contributed by atoms with Crippen LogP contribution in [-0.4, -0.2) is 48.3 Å². The molecule has 1 spiro atoms. The van der Waals surface area contributed by atoms with E-state index in [1.165, 1.54) is 24.8 Å². The zero-order valence-corrected chi connectivity index (χ0v) is 16.7. The average Bonchev–Trinajstić information content (AvgIpc) is 3.41. The van der Waals surface area contributed by atoms with Crippen LogP contribution in [0.5, 0.6) is 0 Å². The number of hydrogen-bond acceptors (Lipinski definition) is 4. The molecule has 2 saturated carbocycles. The van der Waals surface area contributed by atoms with E-state index in [4.69, 9.17) is 14.2 Å². The van der Waals surface area contributed by atoms with Crippen LogP contribution in [0.4, 0.5) is 0 Å². The first kappa shape index (κ1) is 17.2. The molecule has 0 bridgehead atoms. The first-order valence-corrected chi connectivity index (χ1v) is 10.9. The SMILES string of the molecule is CC1OCCO[C@@]12CC[C@H]1[C@@H]3C=CC4=C[C@H](O)[C@@H]5O[C@@H]5[C@]4(C)[C@H]3CC[C@@]12C. The van der Waals surface area contributed by atoms with E-state index in [9.17, 15) is 5.11 Å². The second-order valence-electron chi connectivity index (χ2n) is 10.3. The third-order valence-corrected chi connectivity index (χ3v) is 9.68. The molecular weight excluding hydrogens is 340 g/mol. The molecule has 4 fully saturated rings. The van der Waals surface area contributed by atoms with E-state index in [0.29, 0.717) is 17.8 Å². The van der Waals surface area contributed by atoms with E-state index >= 15 is 0 Å². The van der Waals surface area contributed by atoms with Crippen molar-refractivity contribution in [2.75, 3.05) is 13.2 Å². The summed E-state index contributed by atoms with van der Waals surface area (Å²) in [4.78, 5) is 0. The lowest BCUT2D eigenvalue weighted by molar-refractivity contribution is -0.250. The van der Waals surface area contributed by atoms with Gasteiger partial charge in [0.25, 0.3) is 0 Å². The number of allylic oxidation sites excluding steroid dienone is 2. The fourth-order valence-electron chi connectivity index (χ4n) is 8.17. The highest BCUT2D eigenvalue weighted by atomic mass is 16.6. The molecule has 148 valence electrons. The summed E-state index contributed by atoms with van der Waals surface area (Å²) >= 11 is 0. The van der Waals surface area contributed by atoms with Crippen LogP contribution in [0.15, 0.2) is 23.8 Å². The van der Waals surface area contributed by atoms with Crippen LogP contribution < -0.4 is 0 Å². The van der Waals surface area contributed by atoms with Gasteiger partial charge in [-0.15, -0.1) is 0 Å². The van der Waals surface area contributed by atoms with Crippen LogP contribution in [0.3, 0.4) is 0 Å². The van der Waals surface area contributed by atoms with Crippen molar-refractivity contribution in [1.82, 2.24) is 0 Å². The van der Waals surface area contributed by atoms with Gasteiger partial charge in [0.2, 0.25) is 0 Å². The molecule has 0 aromatic heterocycles. The molecule has 0 aromatic carbocycles. The minimum atomic E-state index is -0.434. The number of rotatable bonds is 0. The first-order valence-electron chi connectivity index (χ1n) is 10.9. The third-order valence-electron chi connectivity index (χ3n) is 9.68. The molecule has 10 atom stereocenters. The Labute approximate surface area is 161 Å². The molecule has 0 amide bonds. The van der Waals surface area contributed by atoms with Gasteiger partial charge in [-0.25, -0.2) is 0 Å². The Morgan fingerprint density at radius 3 is 2.74 bits per heavy atom. The maximum absolute atomic E-state index is 10.3. The lowest BCUT2D eigenvalue weighted by atomic mass is 9.47. The Morgan fingerprint density at radius 1 is 1.11 bits per heavy atom. The Bertz CT molecular complexity index is 730. The molecule has 6 rings (SSSR count). The first-order chi connectivity index (χ1) is 12.9. The van der Waals surface area contributed by atoms with Crippen molar-refractivity contribution in [3.63, 3.8) is 0 Å². The molecule has 4 aliphatic carbocycles. The van der Waals surface area contributed by atoms with Gasteiger partial charge in [0, 0.05) is 10.8 Å². The number of aliphatic hydroxyl groups excluding tert-OH is 1. The van der Waals surface area contributed by atoms with E-state index in [-0.39, 0.29) is 34.7 Å². The van der Waals surface area contributed by atoms with Crippen LogP contribution in [-0.2, 0) is 14.2 Å². The molecule has 0 aromatic rings. The fraction of sp³-hybridized carbons (Fsp3) is 0.826. The van der Waals surface area contributed by atoms with Crippen molar-refractivity contribution in [3.8, 4) is 0 Å². The van der Waals surface area contributed by atoms with Crippen LogP contribution in [0.2, 0.25) is 0 Å². The third kappa shape index (κ3) is 1.89. The Balaban J connectivity index is 1.40. The van der Waals surface area contributed by atoms with Crippen molar-refractivity contribution in [3.05, 3.63) is 23.8 Å². The summed E-state index contributed by atoms with van der Waals surface area (Å²) in [7, 11) is 0. The second-order valence-corrected chi connectivity index (χ2v) is 10.3. The Hall–Kier alpha value is -0.680. The van der Waals surface area contributed by atoms with Crippen LogP contribution in [0, 0.1) is 28.6 Å². The average molecular weight is 373 g/mol. The summed E-state index contributed by atoms with van der Waals surface area (Å²) in [5, 5.41) is 10.3. The highest BCUT2D eigenvalue weighted by Gasteiger charge is 2.70. The monoisotopic (exact) mass is 372 g/mol. The highest BCUT2D eigenvalue weighted by molar-refractivity contribution is 5.41. The van der Waals surface area contributed by atoms with E-state index in [0.717, 1.165) is 19.6 Å². The van der Waals surface area contributed by atoms with Crippen LogP contribution in [0.1, 0.15) is 46.5 Å². The molecular formula is C23H32O4. The van der Waals surface area contributed by atoms with Gasteiger partial charge in [0.15, 0.2) is 0 Å². The number of ether oxygens (including phenoxy) is 3. The van der Waals surface area contributed by atoms with Crippen LogP contribution in [0.25, 0.3) is 0 Å². The van der Waals surface area contributed by atoms with E-state index in [2.05, 4.69) is 39.0 Å². The van der Waals surface area contributed by atoms with Gasteiger partial charge in [-0.3, -0.25) is 0 Å². The number of fused-ring (bicyclic) bond motifs is 8. The quantitative estimate of drug-likeness (QED) is 0.663. The van der Waals surface area contributed by atoms with Crippen molar-refractivity contribution < 1.29 is 19.3 Å². The Morgan fingerprint density at radius 2 is 1.93 bits per heavy atom. The summed E-state index contributed by atoms with van der Waals surface area (Å²) in [5.74, 6) is 1.81. The van der Waals surface area contributed by atoms with Gasteiger partial charge < -0.3 is 19.3 Å². The van der Waals surface area contributed by atoms with E-state index < -0.39 is 6.10 Å². The molecule has 2 heterocycles. The van der Waals surface area contributed by atoms with Crippen molar-refractivity contribution in [1.29, 1.82) is 0 Å². The number of aliphatic hydroxyl groups is 1. The number of epoxide rings is 1. The normalized spacial score (nSPS) is 60.9. The van der Waals surface area contributed by atoms with Gasteiger partial charge in [-0.2, -0.15) is 0 Å². The Kier molecular flexibility index (Phi) is 3.36. The summed E-state index contributed by atoms with van der Waals surface area (Å²) < 4.78 is 18.6. The smallest absolute Gasteiger partial charge is 0.114 e. The summed E-state index contributed by atoms with van der Waals surface area (Å²) in [6.45, 7) is 8.56. The molecule has 2 saturated heterocycles. The van der Waals surface area contributed by atoms with Crippen molar-refractivity contribution in [2.24, 2.45) is 28.6 Å². The summed E-state index contributed by atoms with van der Waals surface area (Å²) in [6.07, 6.45) is 11.5. The summed E-state index contributed by atoms with van der Waals surface area (Å²) in [6, 6.07) is 0. The van der Waals surface area contributed by atoms with Gasteiger partial charge in [0.05, 0.1) is 31.0 Å². The van der Waals surface area contributed by atoms with Crippen molar-refractivity contribution in [2.45, 2.75) is 76.5 Å². The topological polar surface area (TPSA) is 51.2 Å². The van der Waals surface area contributed by atoms with Gasteiger partial charge >= 0.3 is 0 Å². The molecule has 6 aliphatic rings. The summed E-state index contributed by atoms with van der Waals surface area (Å²) in [5.41, 5.74) is 1.41. The molecule has 4 heteroatoms. The minimum Gasteiger partial charge on any atom is -0.386 e. The van der Waals surface area contributed by atoms with Gasteiger partial charge in [0.1, 0.15) is 12.2 Å². The van der Waals surface area contributed by atoms with Crippen LogP contribution >= 0.6 is 0 Å². The zero-order chi connectivity index (χ0) is 18.6. The van der Waals surface area contributed by atoms with Gasteiger partial charge in [-0.05, 0) is 62.0 Å². The van der Waals surface area contributed by atoms with Crippen molar-refractivity contribution >= 4 is 0 Å². The van der Waals surface area contributed by atoms with E-state index in [1.807, 2.05) is 0 Å². The zero-order valence-electron chi connectivity index (χ0n) is 16.7. The predicted molar refractivity (Wildman–Crippen MR) is 101 cm³/mol. The maximum atomic E-state index is 10.3. The fourth-order valence-corrected chi connectivity index (χ4v) is 8.17. The highest BCUT2D eigenvalue weighted by Crippen LogP contribution is 2.69. The lowest BCUT2D eigenvalue weighted by Crippen LogP contribution is -2.61. The van der Waals surface area contributed by atoms with E-state index in [1.54, 1.807) is 0 Å². The molecule has 1 N–H and O–H groups in total. The molecule has 4 nitrogen and oxygen atoms in total.